The van der Waals surface area contributed by atoms with Gasteiger partial charge in [0.15, 0.2) is 0 Å². The summed E-state index contributed by atoms with van der Waals surface area (Å²) >= 11 is 7.31. The Balaban J connectivity index is 2.28. The maximum absolute atomic E-state index is 4.06. The molecule has 56 valence electrons. The second kappa shape index (κ2) is 1.89. The second-order valence-corrected chi connectivity index (χ2v) is 6.79. The van der Waals surface area contributed by atoms with Crippen LogP contribution in [0, 0.1) is 5.41 Å². The second-order valence-electron chi connectivity index (χ2n) is 3.34. The molecule has 0 aromatic heterocycles. The fraction of sp³-hybridized carbons (Fsp3) is 0.750. The van der Waals surface area contributed by atoms with E-state index in [1.54, 1.807) is 0 Å². The molecule has 0 atom stereocenters. The Morgan fingerprint density at radius 1 is 1.20 bits per heavy atom. The Kier molecular flexibility index (Phi) is 1.39. The number of rotatable bonds is 0. The predicted molar refractivity (Wildman–Crippen MR) is 50.6 cm³/mol. The lowest BCUT2D eigenvalue weighted by molar-refractivity contribution is 0.564. The zero-order chi connectivity index (χ0) is 7.41. The molecule has 0 N–H and O–H groups in total. The van der Waals surface area contributed by atoms with Crippen LogP contribution in [0.3, 0.4) is 0 Å². The van der Waals surface area contributed by atoms with Crippen LogP contribution in [-0.4, -0.2) is 3.23 Å². The van der Waals surface area contributed by atoms with Crippen LogP contribution in [0.15, 0.2) is 12.2 Å². The summed E-state index contributed by atoms with van der Waals surface area (Å²) in [7, 11) is 0. The van der Waals surface area contributed by atoms with E-state index >= 15 is 0 Å². The highest BCUT2D eigenvalue weighted by Gasteiger charge is 2.69. The molecule has 1 spiro atoms. The summed E-state index contributed by atoms with van der Waals surface area (Å²) in [5.41, 5.74) is 1.80. The molecule has 0 radical (unpaired) electrons. The van der Waals surface area contributed by atoms with Gasteiger partial charge in [0.05, 0.1) is 0 Å². The number of alkyl halides is 2. The summed E-state index contributed by atoms with van der Waals surface area (Å²) in [6, 6.07) is 0. The first-order chi connectivity index (χ1) is 4.61. The van der Waals surface area contributed by atoms with Crippen LogP contribution in [0.4, 0.5) is 0 Å². The van der Waals surface area contributed by atoms with E-state index in [1.165, 1.54) is 31.3 Å². The monoisotopic (exact) mass is 264 g/mol. The van der Waals surface area contributed by atoms with Crippen LogP contribution in [0.5, 0.6) is 0 Å². The molecule has 0 aliphatic heterocycles. The number of halogens is 2. The first-order valence-corrected chi connectivity index (χ1v) is 5.27. The van der Waals surface area contributed by atoms with E-state index < -0.39 is 0 Å². The van der Waals surface area contributed by atoms with Gasteiger partial charge in [0.25, 0.3) is 0 Å². The van der Waals surface area contributed by atoms with E-state index in [4.69, 9.17) is 0 Å². The minimum absolute atomic E-state index is 0.115. The lowest BCUT2D eigenvalue weighted by Gasteiger charge is -2.05. The molecule has 0 aromatic rings. The predicted octanol–water partition coefficient (Wildman–Crippen LogP) is 3.60. The van der Waals surface area contributed by atoms with Crippen molar-refractivity contribution in [2.75, 3.05) is 0 Å². The fourth-order valence-electron chi connectivity index (χ4n) is 2.10. The molecule has 2 rings (SSSR count). The SMILES string of the molecule is C=C1C(Br)(Br)C12CCCC2. The van der Waals surface area contributed by atoms with Gasteiger partial charge in [0.1, 0.15) is 3.23 Å². The van der Waals surface area contributed by atoms with Gasteiger partial charge in [-0.25, -0.2) is 0 Å². The van der Waals surface area contributed by atoms with Gasteiger partial charge in [-0.15, -0.1) is 0 Å². The van der Waals surface area contributed by atoms with Crippen LogP contribution >= 0.6 is 31.9 Å². The summed E-state index contributed by atoms with van der Waals surface area (Å²) < 4.78 is 0.115. The molecule has 2 aliphatic rings. The lowest BCUT2D eigenvalue weighted by atomic mass is 10.1. The zero-order valence-electron chi connectivity index (χ0n) is 5.79. The van der Waals surface area contributed by atoms with E-state index in [9.17, 15) is 0 Å². The third-order valence-electron chi connectivity index (χ3n) is 2.95. The summed E-state index contributed by atoms with van der Waals surface area (Å²) in [5.74, 6) is 0. The smallest absolute Gasteiger partial charge is 0.0969 e. The van der Waals surface area contributed by atoms with Gasteiger partial charge in [0, 0.05) is 5.41 Å². The summed E-state index contributed by atoms with van der Waals surface area (Å²) in [4.78, 5) is 0. The number of allylic oxidation sites excluding steroid dienone is 1. The lowest BCUT2D eigenvalue weighted by Crippen LogP contribution is -2.01. The topological polar surface area (TPSA) is 0 Å². The van der Waals surface area contributed by atoms with Crippen LogP contribution in [0.25, 0.3) is 0 Å². The molecule has 10 heavy (non-hydrogen) atoms. The van der Waals surface area contributed by atoms with Gasteiger partial charge < -0.3 is 0 Å². The maximum atomic E-state index is 4.06. The Labute approximate surface area is 78.3 Å². The zero-order valence-corrected chi connectivity index (χ0v) is 8.96. The van der Waals surface area contributed by atoms with Crippen molar-refractivity contribution in [3.63, 3.8) is 0 Å². The molecule has 2 fully saturated rings. The molecule has 0 aromatic carbocycles. The maximum Gasteiger partial charge on any atom is 0.111 e. The van der Waals surface area contributed by atoms with Gasteiger partial charge in [-0.05, 0) is 18.4 Å². The molecule has 0 saturated heterocycles. The highest BCUT2D eigenvalue weighted by atomic mass is 79.9. The van der Waals surface area contributed by atoms with Crippen molar-refractivity contribution in [3.05, 3.63) is 12.2 Å². The molecule has 0 nitrogen and oxygen atoms in total. The van der Waals surface area contributed by atoms with Crippen molar-refractivity contribution >= 4 is 31.9 Å². The highest BCUT2D eigenvalue weighted by molar-refractivity contribution is 9.25. The van der Waals surface area contributed by atoms with Crippen LogP contribution in [-0.2, 0) is 0 Å². The molecular weight excluding hydrogens is 256 g/mol. The van der Waals surface area contributed by atoms with E-state index in [1.807, 2.05) is 0 Å². The van der Waals surface area contributed by atoms with Crippen molar-refractivity contribution < 1.29 is 0 Å². The van der Waals surface area contributed by atoms with Gasteiger partial charge in [-0.1, -0.05) is 51.3 Å². The Bertz CT molecular complexity index is 187. The molecule has 0 amide bonds. The van der Waals surface area contributed by atoms with Gasteiger partial charge in [-0.2, -0.15) is 0 Å². The minimum Gasteiger partial charge on any atom is -0.0969 e. The van der Waals surface area contributed by atoms with Crippen molar-refractivity contribution in [1.82, 2.24) is 0 Å². The first kappa shape index (κ1) is 7.35. The third kappa shape index (κ3) is 0.626. The van der Waals surface area contributed by atoms with Crippen molar-refractivity contribution in [2.45, 2.75) is 28.9 Å². The van der Waals surface area contributed by atoms with Crippen LogP contribution < -0.4 is 0 Å². The standard InChI is InChI=1S/C8H10Br2/c1-6-7(8(6,9)10)4-2-3-5-7/h1-5H2. The quantitative estimate of drug-likeness (QED) is 0.464. The van der Waals surface area contributed by atoms with Crippen LogP contribution in [0.2, 0.25) is 0 Å². The minimum atomic E-state index is 0.115. The largest absolute Gasteiger partial charge is 0.111 e. The molecule has 2 heteroatoms. The summed E-state index contributed by atoms with van der Waals surface area (Å²) in [6.07, 6.45) is 5.39. The normalized spacial score (nSPS) is 33.2. The first-order valence-electron chi connectivity index (χ1n) is 3.69. The average molecular weight is 266 g/mol. The molecule has 0 heterocycles. The Hall–Kier alpha value is 0.700. The van der Waals surface area contributed by atoms with E-state index in [2.05, 4.69) is 38.4 Å². The molecular formula is C8H10Br2. The molecule has 0 unspecified atom stereocenters. The molecule has 0 bridgehead atoms. The molecule has 2 aliphatic carbocycles. The summed E-state index contributed by atoms with van der Waals surface area (Å²) in [6.45, 7) is 4.06. The van der Waals surface area contributed by atoms with Gasteiger partial charge >= 0.3 is 0 Å². The summed E-state index contributed by atoms with van der Waals surface area (Å²) in [5, 5.41) is 0. The van der Waals surface area contributed by atoms with Gasteiger partial charge in [-0.3, -0.25) is 0 Å². The number of hydrogen-bond acceptors (Lipinski definition) is 0. The van der Waals surface area contributed by atoms with Gasteiger partial charge in [0.2, 0.25) is 0 Å². The van der Waals surface area contributed by atoms with Crippen molar-refractivity contribution in [2.24, 2.45) is 5.41 Å². The Morgan fingerprint density at radius 3 is 1.80 bits per heavy atom. The average Bonchev–Trinajstić information content (AvgIpc) is 2.43. The molecule has 2 saturated carbocycles. The van der Waals surface area contributed by atoms with E-state index in [-0.39, 0.29) is 3.23 Å². The number of hydrogen-bond donors (Lipinski definition) is 0. The van der Waals surface area contributed by atoms with Crippen molar-refractivity contribution in [1.29, 1.82) is 0 Å². The fourth-order valence-corrected chi connectivity index (χ4v) is 3.93. The van der Waals surface area contributed by atoms with E-state index in [0.29, 0.717) is 5.41 Å². The van der Waals surface area contributed by atoms with Crippen LogP contribution in [0.1, 0.15) is 25.7 Å². The van der Waals surface area contributed by atoms with Crippen molar-refractivity contribution in [3.8, 4) is 0 Å². The van der Waals surface area contributed by atoms with E-state index in [0.717, 1.165) is 0 Å². The third-order valence-corrected chi connectivity index (χ3v) is 5.43. The highest BCUT2D eigenvalue weighted by Crippen LogP contribution is 2.76. The Morgan fingerprint density at radius 2 is 1.60 bits per heavy atom.